The number of benzene rings is 1. The molecule has 0 aliphatic carbocycles. The molecule has 0 saturated heterocycles. The molecular weight excluding hydrogens is 299 g/mol. The third-order valence-electron chi connectivity index (χ3n) is 3.58. The lowest BCUT2D eigenvalue weighted by atomic mass is 10.0. The molecular formula is C17H19FN2O3. The average Bonchev–Trinajstić information content (AvgIpc) is 2.47. The predicted molar refractivity (Wildman–Crippen MR) is 84.7 cm³/mol. The van der Waals surface area contributed by atoms with Crippen LogP contribution < -0.4 is 10.9 Å². The Labute approximate surface area is 133 Å². The number of amides is 1. The van der Waals surface area contributed by atoms with Gasteiger partial charge in [-0.25, -0.2) is 4.39 Å². The minimum atomic E-state index is -0.803. The highest BCUT2D eigenvalue weighted by Gasteiger charge is 2.16. The van der Waals surface area contributed by atoms with Crippen LogP contribution in [0, 0.1) is 12.7 Å². The fourth-order valence-corrected chi connectivity index (χ4v) is 2.33. The molecule has 6 heteroatoms. The van der Waals surface area contributed by atoms with Crippen LogP contribution in [0.4, 0.5) is 4.39 Å². The molecule has 1 aromatic carbocycles. The van der Waals surface area contributed by atoms with Crippen molar-refractivity contribution in [3.63, 3.8) is 0 Å². The number of pyridine rings is 1. The molecule has 0 bridgehead atoms. The summed E-state index contributed by atoms with van der Waals surface area (Å²) in [5.74, 6) is -0.687. The highest BCUT2D eigenvalue weighted by molar-refractivity contribution is 5.95. The third kappa shape index (κ3) is 4.50. The van der Waals surface area contributed by atoms with E-state index in [0.717, 1.165) is 0 Å². The lowest BCUT2D eigenvalue weighted by Crippen LogP contribution is -2.34. The van der Waals surface area contributed by atoms with Gasteiger partial charge in [0.15, 0.2) is 0 Å². The highest BCUT2D eigenvalue weighted by Crippen LogP contribution is 2.18. The fourth-order valence-electron chi connectivity index (χ4n) is 2.33. The van der Waals surface area contributed by atoms with Gasteiger partial charge >= 0.3 is 0 Å². The smallest absolute Gasteiger partial charge is 0.253 e. The van der Waals surface area contributed by atoms with E-state index in [1.165, 1.54) is 36.5 Å². The van der Waals surface area contributed by atoms with Crippen molar-refractivity contribution in [3.05, 3.63) is 69.4 Å². The predicted octanol–water partition coefficient (Wildman–Crippen LogP) is 2.06. The number of halogens is 1. The number of H-pyrrole nitrogens is 1. The van der Waals surface area contributed by atoms with Crippen LogP contribution in [-0.4, -0.2) is 22.0 Å². The Hall–Kier alpha value is -2.47. The molecule has 3 N–H and O–H groups in total. The Bertz CT molecular complexity index is 740. The summed E-state index contributed by atoms with van der Waals surface area (Å²) in [7, 11) is 0. The van der Waals surface area contributed by atoms with Gasteiger partial charge < -0.3 is 15.4 Å². The number of aromatic amines is 1. The van der Waals surface area contributed by atoms with Gasteiger partial charge in [0.25, 0.3) is 5.91 Å². The van der Waals surface area contributed by atoms with Gasteiger partial charge in [-0.1, -0.05) is 12.1 Å². The molecule has 23 heavy (non-hydrogen) atoms. The number of aliphatic hydroxyl groups is 1. The van der Waals surface area contributed by atoms with Crippen molar-refractivity contribution in [3.8, 4) is 0 Å². The molecule has 0 saturated carbocycles. The fraction of sp³-hybridized carbons (Fsp3) is 0.294. The summed E-state index contributed by atoms with van der Waals surface area (Å²) in [6.45, 7) is 3.45. The minimum absolute atomic E-state index is 0.265. The Morgan fingerprint density at radius 1 is 1.35 bits per heavy atom. The lowest BCUT2D eigenvalue weighted by Gasteiger charge is -2.18. The van der Waals surface area contributed by atoms with E-state index >= 15 is 0 Å². The van der Waals surface area contributed by atoms with Crippen LogP contribution in [0.2, 0.25) is 0 Å². The Morgan fingerprint density at radius 2 is 2.00 bits per heavy atom. The summed E-state index contributed by atoms with van der Waals surface area (Å²) in [6, 6.07) is 6.65. The van der Waals surface area contributed by atoms with E-state index in [-0.39, 0.29) is 23.3 Å². The van der Waals surface area contributed by atoms with E-state index in [2.05, 4.69) is 10.3 Å². The summed E-state index contributed by atoms with van der Waals surface area (Å²) in [4.78, 5) is 25.8. The highest BCUT2D eigenvalue weighted by atomic mass is 19.1. The molecule has 0 radical (unpaired) electrons. The molecule has 2 unspecified atom stereocenters. The molecule has 0 aliphatic rings. The molecule has 122 valence electrons. The van der Waals surface area contributed by atoms with E-state index in [4.69, 9.17) is 0 Å². The molecule has 2 rings (SSSR count). The number of aliphatic hydroxyl groups excluding tert-OH is 1. The van der Waals surface area contributed by atoms with Gasteiger partial charge in [0.2, 0.25) is 5.56 Å². The quantitative estimate of drug-likeness (QED) is 0.789. The van der Waals surface area contributed by atoms with Crippen molar-refractivity contribution in [1.82, 2.24) is 10.3 Å². The van der Waals surface area contributed by atoms with Crippen LogP contribution in [-0.2, 0) is 0 Å². The van der Waals surface area contributed by atoms with Crippen LogP contribution in [0.1, 0.15) is 40.9 Å². The maximum absolute atomic E-state index is 12.9. The summed E-state index contributed by atoms with van der Waals surface area (Å²) in [5, 5.41) is 12.9. The number of hydrogen-bond acceptors (Lipinski definition) is 3. The number of carbonyl (C=O) groups excluding carboxylic acids is 1. The zero-order valence-electron chi connectivity index (χ0n) is 13.0. The van der Waals surface area contributed by atoms with Gasteiger partial charge in [-0.15, -0.1) is 0 Å². The van der Waals surface area contributed by atoms with Gasteiger partial charge in [-0.3, -0.25) is 9.59 Å². The van der Waals surface area contributed by atoms with Crippen molar-refractivity contribution in [2.45, 2.75) is 32.4 Å². The zero-order chi connectivity index (χ0) is 17.0. The maximum Gasteiger partial charge on any atom is 0.253 e. The van der Waals surface area contributed by atoms with Crippen LogP contribution in [0.5, 0.6) is 0 Å². The van der Waals surface area contributed by atoms with Gasteiger partial charge in [0.05, 0.1) is 11.7 Å². The number of aryl methyl sites for hydroxylation is 1. The first-order chi connectivity index (χ1) is 10.9. The summed E-state index contributed by atoms with van der Waals surface area (Å²) in [6.07, 6.45) is 0.859. The number of rotatable bonds is 5. The summed E-state index contributed by atoms with van der Waals surface area (Å²) >= 11 is 0. The normalized spacial score (nSPS) is 13.4. The number of nitrogens with one attached hydrogen (secondary N) is 2. The molecule has 1 aromatic heterocycles. The molecule has 1 heterocycles. The maximum atomic E-state index is 12.9. The van der Waals surface area contributed by atoms with Crippen molar-refractivity contribution in [2.75, 3.05) is 0 Å². The first kappa shape index (κ1) is 16.9. The number of hydrogen-bond donors (Lipinski definition) is 3. The van der Waals surface area contributed by atoms with Gasteiger partial charge in [0.1, 0.15) is 5.82 Å². The topological polar surface area (TPSA) is 82.2 Å². The molecule has 1 amide bonds. The molecule has 2 atom stereocenters. The molecule has 0 aliphatic heterocycles. The van der Waals surface area contributed by atoms with E-state index in [9.17, 15) is 19.1 Å². The Kier molecular flexibility index (Phi) is 5.28. The number of carbonyl (C=O) groups is 1. The lowest BCUT2D eigenvalue weighted by molar-refractivity contribution is 0.0916. The van der Waals surface area contributed by atoms with Gasteiger partial charge in [-0.05, 0) is 43.5 Å². The second kappa shape index (κ2) is 7.19. The second-order valence-electron chi connectivity index (χ2n) is 5.57. The molecule has 0 fully saturated rings. The first-order valence-corrected chi connectivity index (χ1v) is 7.30. The second-order valence-corrected chi connectivity index (χ2v) is 5.57. The summed E-state index contributed by atoms with van der Waals surface area (Å²) in [5.41, 5.74) is 1.29. The van der Waals surface area contributed by atoms with Crippen LogP contribution >= 0.6 is 0 Å². The van der Waals surface area contributed by atoms with E-state index in [1.807, 2.05) is 0 Å². The van der Waals surface area contributed by atoms with E-state index in [1.54, 1.807) is 13.8 Å². The van der Waals surface area contributed by atoms with Crippen molar-refractivity contribution in [2.24, 2.45) is 0 Å². The Morgan fingerprint density at radius 3 is 2.61 bits per heavy atom. The first-order valence-electron chi connectivity index (χ1n) is 7.30. The monoisotopic (exact) mass is 318 g/mol. The minimum Gasteiger partial charge on any atom is -0.388 e. The van der Waals surface area contributed by atoms with Crippen molar-refractivity contribution >= 4 is 5.91 Å². The Balaban J connectivity index is 1.98. The van der Waals surface area contributed by atoms with Crippen molar-refractivity contribution in [1.29, 1.82) is 0 Å². The zero-order valence-corrected chi connectivity index (χ0v) is 13.0. The largest absolute Gasteiger partial charge is 0.388 e. The van der Waals surface area contributed by atoms with Gasteiger partial charge in [0, 0.05) is 18.3 Å². The van der Waals surface area contributed by atoms with Gasteiger partial charge in [-0.2, -0.15) is 0 Å². The third-order valence-corrected chi connectivity index (χ3v) is 3.58. The molecule has 2 aromatic rings. The van der Waals surface area contributed by atoms with E-state index in [0.29, 0.717) is 23.1 Å². The molecule has 0 spiro atoms. The summed E-state index contributed by atoms with van der Waals surface area (Å²) < 4.78 is 12.9. The van der Waals surface area contributed by atoms with E-state index < -0.39 is 6.10 Å². The van der Waals surface area contributed by atoms with Crippen LogP contribution in [0.3, 0.4) is 0 Å². The molecule has 5 nitrogen and oxygen atoms in total. The average molecular weight is 318 g/mol. The van der Waals surface area contributed by atoms with Crippen LogP contribution in [0.15, 0.2) is 41.3 Å². The van der Waals surface area contributed by atoms with Crippen molar-refractivity contribution < 1.29 is 14.3 Å². The SMILES string of the molecule is Cc1cc(=O)[nH]cc1C(=O)NC(C)CC(O)c1ccc(F)cc1. The number of aromatic nitrogens is 1. The van der Waals surface area contributed by atoms with Crippen LogP contribution in [0.25, 0.3) is 0 Å². The standard InChI is InChI=1S/C17H19FN2O3/c1-10-7-16(22)19-9-14(10)17(23)20-11(2)8-15(21)12-3-5-13(18)6-4-12/h3-7,9,11,15,21H,8H2,1-2H3,(H,19,22)(H,20,23).